The number of carbonyl (C=O) groups is 1. The molecular weight excluding hydrogens is 557 g/mol. The Kier molecular flexibility index (Phi) is 11.0. The quantitative estimate of drug-likeness (QED) is 0.228. The van der Waals surface area contributed by atoms with E-state index in [0.717, 1.165) is 11.1 Å². The van der Waals surface area contributed by atoms with Crippen LogP contribution in [0, 0.1) is 25.7 Å². The SMILES string of the molecule is COC(=O)CCC#Cc1cc(Cl)ccc1NS(=O)(=O)c1ccc(C)cc1.Cc1ccc(S(=O)(=O)Cl)cc1. The van der Waals surface area contributed by atoms with Crippen LogP contribution >= 0.6 is 22.3 Å². The molecule has 0 amide bonds. The number of halogens is 2. The zero-order valence-corrected chi connectivity index (χ0v) is 23.4. The largest absolute Gasteiger partial charge is 0.469 e. The fraction of sp³-hybridized carbons (Fsp3) is 0.192. The average Bonchev–Trinajstić information content (AvgIpc) is 2.83. The Hall–Kier alpha value is -3.03. The number of carbonyl (C=O) groups excluding carboxylic acids is 1. The number of ether oxygens (including phenoxy) is 1. The summed E-state index contributed by atoms with van der Waals surface area (Å²) < 4.78 is 53.6. The molecule has 0 spiro atoms. The van der Waals surface area contributed by atoms with Gasteiger partial charge in [-0.2, -0.15) is 0 Å². The third-order valence-electron chi connectivity index (χ3n) is 4.76. The highest BCUT2D eigenvalue weighted by molar-refractivity contribution is 8.13. The monoisotopic (exact) mass is 581 g/mol. The molecule has 0 atom stereocenters. The van der Waals surface area contributed by atoms with Crippen LogP contribution in [0.25, 0.3) is 0 Å². The maximum absolute atomic E-state index is 12.6. The summed E-state index contributed by atoms with van der Waals surface area (Å²) in [4.78, 5) is 11.4. The summed E-state index contributed by atoms with van der Waals surface area (Å²) in [5.74, 6) is 5.31. The van der Waals surface area contributed by atoms with Gasteiger partial charge in [0.1, 0.15) is 0 Å². The van der Waals surface area contributed by atoms with E-state index in [2.05, 4.69) is 21.3 Å². The molecule has 3 aromatic carbocycles. The summed E-state index contributed by atoms with van der Waals surface area (Å²) in [6.45, 7) is 3.76. The predicted molar refractivity (Wildman–Crippen MR) is 146 cm³/mol. The van der Waals surface area contributed by atoms with Gasteiger partial charge >= 0.3 is 5.97 Å². The van der Waals surface area contributed by atoms with Gasteiger partial charge in [-0.25, -0.2) is 16.8 Å². The van der Waals surface area contributed by atoms with E-state index in [0.29, 0.717) is 22.7 Å². The number of benzene rings is 3. The van der Waals surface area contributed by atoms with E-state index in [1.807, 2.05) is 13.8 Å². The second-order valence-electron chi connectivity index (χ2n) is 7.74. The van der Waals surface area contributed by atoms with Crippen molar-refractivity contribution < 1.29 is 26.4 Å². The first-order chi connectivity index (χ1) is 17.3. The molecule has 7 nitrogen and oxygen atoms in total. The van der Waals surface area contributed by atoms with Gasteiger partial charge in [0.15, 0.2) is 0 Å². The molecule has 0 aliphatic heterocycles. The third-order valence-corrected chi connectivity index (χ3v) is 7.75. The van der Waals surface area contributed by atoms with Gasteiger partial charge in [0, 0.05) is 22.1 Å². The Morgan fingerprint density at radius 2 is 1.43 bits per heavy atom. The van der Waals surface area contributed by atoms with Crippen molar-refractivity contribution in [3.8, 4) is 11.8 Å². The summed E-state index contributed by atoms with van der Waals surface area (Å²) >= 11 is 5.99. The Balaban J connectivity index is 0.000000364. The molecule has 0 aromatic heterocycles. The van der Waals surface area contributed by atoms with Gasteiger partial charge in [-0.3, -0.25) is 9.52 Å². The van der Waals surface area contributed by atoms with Crippen molar-refractivity contribution in [1.82, 2.24) is 0 Å². The van der Waals surface area contributed by atoms with Crippen LogP contribution in [-0.2, 0) is 28.6 Å². The molecule has 0 unspecified atom stereocenters. The van der Waals surface area contributed by atoms with E-state index in [9.17, 15) is 21.6 Å². The van der Waals surface area contributed by atoms with Crippen LogP contribution in [0.5, 0.6) is 0 Å². The van der Waals surface area contributed by atoms with E-state index in [1.165, 1.54) is 31.4 Å². The Morgan fingerprint density at radius 3 is 1.95 bits per heavy atom. The van der Waals surface area contributed by atoms with Crippen molar-refractivity contribution >= 4 is 53.0 Å². The first-order valence-corrected chi connectivity index (χ1v) is 14.9. The lowest BCUT2D eigenvalue weighted by molar-refractivity contribution is -0.140. The predicted octanol–water partition coefficient (Wildman–Crippen LogP) is 5.68. The number of anilines is 1. The summed E-state index contributed by atoms with van der Waals surface area (Å²) in [5.41, 5.74) is 2.72. The molecule has 0 aliphatic carbocycles. The van der Waals surface area contributed by atoms with Gasteiger partial charge in [0.2, 0.25) is 0 Å². The number of hydrogen-bond acceptors (Lipinski definition) is 6. The molecule has 0 fully saturated rings. The van der Waals surface area contributed by atoms with Crippen LogP contribution in [0.4, 0.5) is 5.69 Å². The maximum atomic E-state index is 12.6. The van der Waals surface area contributed by atoms with E-state index in [-0.39, 0.29) is 22.2 Å². The van der Waals surface area contributed by atoms with Crippen LogP contribution in [-0.4, -0.2) is 29.9 Å². The lowest BCUT2D eigenvalue weighted by Crippen LogP contribution is -2.13. The van der Waals surface area contributed by atoms with E-state index in [4.69, 9.17) is 22.3 Å². The van der Waals surface area contributed by atoms with Crippen molar-refractivity contribution in [2.24, 2.45) is 0 Å². The zero-order chi connectivity index (χ0) is 27.6. The minimum atomic E-state index is -3.75. The highest BCUT2D eigenvalue weighted by atomic mass is 35.7. The Bertz CT molecular complexity index is 1510. The zero-order valence-electron chi connectivity index (χ0n) is 20.3. The van der Waals surface area contributed by atoms with Gasteiger partial charge in [-0.1, -0.05) is 58.8 Å². The standard InChI is InChI=1S/C19H18ClNO4S.C7H7ClO2S/c1-14-7-10-17(11-8-14)26(23,24)21-18-12-9-16(20)13-15(18)5-3-4-6-19(22)25-2;1-6-2-4-7(5-3-6)11(8,9)10/h7-13,21H,4,6H2,1-2H3;2-5H,1H3. The molecule has 0 heterocycles. The highest BCUT2D eigenvalue weighted by Crippen LogP contribution is 2.23. The van der Waals surface area contributed by atoms with Gasteiger partial charge in [0.05, 0.1) is 34.6 Å². The van der Waals surface area contributed by atoms with Crippen molar-refractivity contribution in [1.29, 1.82) is 0 Å². The van der Waals surface area contributed by atoms with Crippen LogP contribution in [0.2, 0.25) is 5.02 Å². The lowest BCUT2D eigenvalue weighted by atomic mass is 10.2. The molecule has 0 aliphatic rings. The number of aryl methyl sites for hydroxylation is 2. The van der Waals surface area contributed by atoms with Crippen LogP contribution < -0.4 is 4.72 Å². The Labute approximate surface area is 227 Å². The number of rotatable bonds is 6. The van der Waals surface area contributed by atoms with Gasteiger partial charge in [0.25, 0.3) is 19.1 Å². The molecule has 11 heteroatoms. The average molecular weight is 583 g/mol. The summed E-state index contributed by atoms with van der Waals surface area (Å²) in [5, 5.41) is 0.431. The molecule has 196 valence electrons. The number of esters is 1. The second-order valence-corrected chi connectivity index (χ2v) is 12.4. The third kappa shape index (κ3) is 10.1. The van der Waals surface area contributed by atoms with Crippen LogP contribution in [0.3, 0.4) is 0 Å². The van der Waals surface area contributed by atoms with Crippen LogP contribution in [0.1, 0.15) is 29.5 Å². The summed E-state index contributed by atoms with van der Waals surface area (Å²) in [7, 11) is -0.902. The van der Waals surface area contributed by atoms with Crippen molar-refractivity contribution in [2.75, 3.05) is 11.8 Å². The van der Waals surface area contributed by atoms with E-state index in [1.54, 1.807) is 42.5 Å². The number of hydrogen-bond donors (Lipinski definition) is 1. The molecular formula is C26H25Cl2NO6S2. The lowest BCUT2D eigenvalue weighted by Gasteiger charge is -2.10. The number of sulfonamides is 1. The molecule has 1 N–H and O–H groups in total. The molecule has 37 heavy (non-hydrogen) atoms. The molecule has 0 saturated carbocycles. The molecule has 3 aromatic rings. The first-order valence-electron chi connectivity index (χ1n) is 10.8. The molecule has 0 bridgehead atoms. The van der Waals surface area contributed by atoms with Crippen molar-refractivity contribution in [2.45, 2.75) is 36.5 Å². The minimum Gasteiger partial charge on any atom is -0.469 e. The number of methoxy groups -OCH3 is 1. The van der Waals surface area contributed by atoms with Crippen molar-refractivity contribution in [3.63, 3.8) is 0 Å². The molecule has 0 radical (unpaired) electrons. The first kappa shape index (κ1) is 30.2. The maximum Gasteiger partial charge on any atom is 0.306 e. The second kappa shape index (κ2) is 13.5. The number of nitrogens with one attached hydrogen (secondary N) is 1. The molecule has 0 saturated heterocycles. The van der Waals surface area contributed by atoms with Crippen molar-refractivity contribution in [3.05, 3.63) is 88.4 Å². The summed E-state index contributed by atoms with van der Waals surface area (Å²) in [6.07, 6.45) is 0.456. The minimum absolute atomic E-state index is 0.143. The Morgan fingerprint density at radius 1 is 0.892 bits per heavy atom. The normalized spacial score (nSPS) is 10.8. The fourth-order valence-corrected chi connectivity index (χ4v) is 4.78. The van der Waals surface area contributed by atoms with E-state index >= 15 is 0 Å². The van der Waals surface area contributed by atoms with Gasteiger partial charge < -0.3 is 4.74 Å². The van der Waals surface area contributed by atoms with E-state index < -0.39 is 19.1 Å². The highest BCUT2D eigenvalue weighted by Gasteiger charge is 2.15. The van der Waals surface area contributed by atoms with Crippen LogP contribution in [0.15, 0.2) is 76.5 Å². The van der Waals surface area contributed by atoms with Gasteiger partial charge in [-0.05, 0) is 56.3 Å². The fourth-order valence-electron chi connectivity index (χ4n) is 2.76. The summed E-state index contributed by atoms with van der Waals surface area (Å²) in [6, 6.07) is 17.6. The smallest absolute Gasteiger partial charge is 0.306 e. The molecule has 3 rings (SSSR count). The van der Waals surface area contributed by atoms with Gasteiger partial charge in [-0.15, -0.1) is 0 Å². The topological polar surface area (TPSA) is 107 Å².